The van der Waals surface area contributed by atoms with Gasteiger partial charge in [0, 0.05) is 42.2 Å². The molecule has 25 heavy (non-hydrogen) atoms. The van der Waals surface area contributed by atoms with Crippen molar-refractivity contribution < 1.29 is 13.2 Å². The molecule has 140 valence electrons. The van der Waals surface area contributed by atoms with Crippen LogP contribution in [0.1, 0.15) is 24.8 Å². The fourth-order valence-electron chi connectivity index (χ4n) is 2.64. The van der Waals surface area contributed by atoms with Gasteiger partial charge in [0.2, 0.25) is 15.9 Å². The van der Waals surface area contributed by atoms with Gasteiger partial charge in [-0.25, -0.2) is 13.1 Å². The van der Waals surface area contributed by atoms with Crippen molar-refractivity contribution in [3.8, 4) is 0 Å². The third kappa shape index (κ3) is 5.86. The number of carbonyl (C=O) groups is 1. The van der Waals surface area contributed by atoms with E-state index < -0.39 is 10.0 Å². The Bertz CT molecular complexity index is 717. The van der Waals surface area contributed by atoms with Crippen LogP contribution in [0.2, 0.25) is 0 Å². The van der Waals surface area contributed by atoms with Crippen molar-refractivity contribution >= 4 is 45.8 Å². The summed E-state index contributed by atoms with van der Waals surface area (Å²) in [4.78, 5) is 12.4. The van der Waals surface area contributed by atoms with Gasteiger partial charge in [0.25, 0.3) is 0 Å². The SMILES string of the molecule is Cc1ccc(NC(=O)CC2CSCCN2)cc1S(=O)(=O)NC1CC1.Cl. The Morgan fingerprint density at radius 1 is 1.36 bits per heavy atom. The van der Waals surface area contributed by atoms with E-state index in [9.17, 15) is 13.2 Å². The Morgan fingerprint density at radius 2 is 2.12 bits per heavy atom. The molecule has 0 aromatic heterocycles. The predicted octanol–water partition coefficient (Wildman–Crippen LogP) is 1.89. The molecule has 0 radical (unpaired) electrons. The highest BCUT2D eigenvalue weighted by molar-refractivity contribution is 7.99. The van der Waals surface area contributed by atoms with Crippen molar-refractivity contribution in [1.82, 2.24) is 10.0 Å². The predicted molar refractivity (Wildman–Crippen MR) is 104 cm³/mol. The van der Waals surface area contributed by atoms with Crippen LogP contribution in [0.15, 0.2) is 23.1 Å². The highest BCUT2D eigenvalue weighted by atomic mass is 35.5. The quantitative estimate of drug-likeness (QED) is 0.672. The number of nitrogens with one attached hydrogen (secondary N) is 3. The summed E-state index contributed by atoms with van der Waals surface area (Å²) in [6.45, 7) is 2.68. The van der Waals surface area contributed by atoms with Gasteiger partial charge in [-0.2, -0.15) is 11.8 Å². The molecule has 6 nitrogen and oxygen atoms in total. The van der Waals surface area contributed by atoms with Crippen molar-refractivity contribution in [2.45, 2.75) is 43.2 Å². The van der Waals surface area contributed by atoms with Crippen LogP contribution in [-0.2, 0) is 14.8 Å². The average Bonchev–Trinajstić information content (AvgIpc) is 3.33. The zero-order valence-electron chi connectivity index (χ0n) is 14.1. The molecule has 1 amide bonds. The van der Waals surface area contributed by atoms with Crippen molar-refractivity contribution in [3.05, 3.63) is 23.8 Å². The van der Waals surface area contributed by atoms with Gasteiger partial charge in [-0.15, -0.1) is 12.4 Å². The molecule has 1 aromatic rings. The average molecular weight is 406 g/mol. The van der Waals surface area contributed by atoms with Gasteiger partial charge in [-0.05, 0) is 37.5 Å². The first kappa shape index (κ1) is 20.5. The molecule has 1 atom stereocenters. The number of halogens is 1. The van der Waals surface area contributed by atoms with Gasteiger partial charge in [0.05, 0.1) is 4.90 Å². The van der Waals surface area contributed by atoms with Crippen molar-refractivity contribution in [3.63, 3.8) is 0 Å². The first-order chi connectivity index (χ1) is 11.4. The summed E-state index contributed by atoms with van der Waals surface area (Å²) in [6.07, 6.45) is 2.17. The van der Waals surface area contributed by atoms with Crippen LogP contribution in [0.4, 0.5) is 5.69 Å². The minimum absolute atomic E-state index is 0. The molecule has 1 aliphatic heterocycles. The molecule has 2 fully saturated rings. The largest absolute Gasteiger partial charge is 0.326 e. The zero-order chi connectivity index (χ0) is 17.2. The standard InChI is InChI=1S/C16H23N3O3S2.ClH/c1-11-2-3-13(8-15(11)24(21,22)19-12-4-5-12)18-16(20)9-14-10-23-7-6-17-14;/h2-3,8,12,14,17,19H,4-7,9-10H2,1H3,(H,18,20);1H. The number of aryl methyl sites for hydroxylation is 1. The van der Waals surface area contributed by atoms with Gasteiger partial charge in [-0.1, -0.05) is 6.07 Å². The Morgan fingerprint density at radius 3 is 2.76 bits per heavy atom. The van der Waals surface area contributed by atoms with E-state index >= 15 is 0 Å². The van der Waals surface area contributed by atoms with E-state index in [-0.39, 0.29) is 35.3 Å². The first-order valence-corrected chi connectivity index (χ1v) is 10.8. The number of anilines is 1. The molecule has 0 bridgehead atoms. The molecule has 3 N–H and O–H groups in total. The van der Waals surface area contributed by atoms with Crippen LogP contribution in [0.3, 0.4) is 0 Å². The topological polar surface area (TPSA) is 87.3 Å². The molecule has 1 unspecified atom stereocenters. The first-order valence-electron chi connectivity index (χ1n) is 8.18. The lowest BCUT2D eigenvalue weighted by Gasteiger charge is -2.22. The van der Waals surface area contributed by atoms with E-state index in [2.05, 4.69) is 15.4 Å². The van der Waals surface area contributed by atoms with E-state index in [1.54, 1.807) is 25.1 Å². The number of carbonyl (C=O) groups excluding carboxylic acids is 1. The van der Waals surface area contributed by atoms with E-state index in [1.165, 1.54) is 0 Å². The normalized spacial score (nSPS) is 20.6. The summed E-state index contributed by atoms with van der Waals surface area (Å²) in [5.74, 6) is 1.90. The third-order valence-corrected chi connectivity index (χ3v) is 6.88. The molecule has 1 heterocycles. The van der Waals surface area contributed by atoms with Crippen LogP contribution < -0.4 is 15.4 Å². The van der Waals surface area contributed by atoms with Gasteiger partial charge >= 0.3 is 0 Å². The molecular formula is C16H24ClN3O3S2. The van der Waals surface area contributed by atoms with Gasteiger partial charge in [0.1, 0.15) is 0 Å². The molecule has 1 saturated heterocycles. The second-order valence-corrected chi connectivity index (χ2v) is 9.19. The molecule has 1 saturated carbocycles. The summed E-state index contributed by atoms with van der Waals surface area (Å²) in [7, 11) is -3.53. The number of benzene rings is 1. The van der Waals surface area contributed by atoms with Crippen LogP contribution in [0.5, 0.6) is 0 Å². The van der Waals surface area contributed by atoms with Crippen LogP contribution in [-0.4, -0.2) is 44.5 Å². The zero-order valence-corrected chi connectivity index (χ0v) is 16.5. The van der Waals surface area contributed by atoms with E-state index in [0.29, 0.717) is 17.7 Å². The van der Waals surface area contributed by atoms with E-state index in [4.69, 9.17) is 0 Å². The summed E-state index contributed by atoms with van der Waals surface area (Å²) >= 11 is 1.84. The summed E-state index contributed by atoms with van der Waals surface area (Å²) in [5.41, 5.74) is 1.19. The van der Waals surface area contributed by atoms with Crippen LogP contribution in [0.25, 0.3) is 0 Å². The second kappa shape index (κ2) is 8.73. The smallest absolute Gasteiger partial charge is 0.241 e. The fraction of sp³-hybridized carbons (Fsp3) is 0.562. The molecule has 1 aliphatic carbocycles. The maximum Gasteiger partial charge on any atom is 0.241 e. The minimum atomic E-state index is -3.53. The summed E-state index contributed by atoms with van der Waals surface area (Å²) in [5, 5.41) is 6.14. The summed E-state index contributed by atoms with van der Waals surface area (Å²) in [6, 6.07) is 5.25. The second-order valence-electron chi connectivity index (χ2n) is 6.35. The Hall–Kier alpha value is -0.800. The number of hydrogen-bond donors (Lipinski definition) is 3. The van der Waals surface area contributed by atoms with E-state index in [1.807, 2.05) is 11.8 Å². The van der Waals surface area contributed by atoms with Gasteiger partial charge < -0.3 is 10.6 Å². The molecule has 2 aliphatic rings. The van der Waals surface area contributed by atoms with Gasteiger partial charge in [0.15, 0.2) is 0 Å². The molecule has 9 heteroatoms. The lowest BCUT2D eigenvalue weighted by atomic mass is 10.2. The lowest BCUT2D eigenvalue weighted by molar-refractivity contribution is -0.116. The monoisotopic (exact) mass is 405 g/mol. The molecule has 1 aromatic carbocycles. The summed E-state index contributed by atoms with van der Waals surface area (Å²) < 4.78 is 27.5. The number of amides is 1. The fourth-order valence-corrected chi connectivity index (χ4v) is 5.16. The Kier molecular flexibility index (Phi) is 7.16. The van der Waals surface area contributed by atoms with Crippen molar-refractivity contribution in [1.29, 1.82) is 0 Å². The third-order valence-electron chi connectivity index (χ3n) is 4.09. The minimum Gasteiger partial charge on any atom is -0.326 e. The maximum absolute atomic E-state index is 12.4. The van der Waals surface area contributed by atoms with Crippen LogP contribution in [0, 0.1) is 6.92 Å². The molecular weight excluding hydrogens is 382 g/mol. The molecule has 3 rings (SSSR count). The number of rotatable bonds is 6. The van der Waals surface area contributed by atoms with Crippen molar-refractivity contribution in [2.24, 2.45) is 0 Å². The number of thioether (sulfide) groups is 1. The molecule has 0 spiro atoms. The Labute approximate surface area is 159 Å². The number of hydrogen-bond acceptors (Lipinski definition) is 5. The lowest BCUT2D eigenvalue weighted by Crippen LogP contribution is -2.39. The van der Waals surface area contributed by atoms with Crippen LogP contribution >= 0.6 is 24.2 Å². The highest BCUT2D eigenvalue weighted by Crippen LogP contribution is 2.25. The maximum atomic E-state index is 12.4. The van der Waals surface area contributed by atoms with Gasteiger partial charge in [-0.3, -0.25) is 4.79 Å². The Balaban J connectivity index is 0.00000225. The van der Waals surface area contributed by atoms with Crippen molar-refractivity contribution in [2.75, 3.05) is 23.4 Å². The van der Waals surface area contributed by atoms with E-state index in [0.717, 1.165) is 30.9 Å². The highest BCUT2D eigenvalue weighted by Gasteiger charge is 2.29. The number of sulfonamides is 1.